The molecule has 0 radical (unpaired) electrons. The van der Waals surface area contributed by atoms with Gasteiger partial charge in [0.2, 0.25) is 0 Å². The van der Waals surface area contributed by atoms with Crippen molar-refractivity contribution in [2.24, 2.45) is 0 Å². The summed E-state index contributed by atoms with van der Waals surface area (Å²) in [5.74, 6) is -2.41. The van der Waals surface area contributed by atoms with Crippen molar-refractivity contribution in [2.75, 3.05) is 6.61 Å². The average molecular weight is 279 g/mol. The fourth-order valence-electron chi connectivity index (χ4n) is 1.07. The van der Waals surface area contributed by atoms with Crippen LogP contribution in [0.5, 0.6) is 0 Å². The van der Waals surface area contributed by atoms with Crippen LogP contribution in [0.3, 0.4) is 0 Å². The Morgan fingerprint density at radius 2 is 2.13 bits per heavy atom. The Balaban J connectivity index is 2.87. The van der Waals surface area contributed by atoms with Crippen molar-refractivity contribution in [1.29, 1.82) is 0 Å². The summed E-state index contributed by atoms with van der Waals surface area (Å²) >= 11 is 2.89. The molecule has 0 aliphatic heterocycles. The molecule has 0 fully saturated rings. The Bertz CT molecular complexity index is 380. The zero-order valence-electron chi connectivity index (χ0n) is 8.02. The van der Waals surface area contributed by atoms with Crippen molar-refractivity contribution in [3.63, 3.8) is 0 Å². The van der Waals surface area contributed by atoms with Gasteiger partial charge >= 0.3 is 5.97 Å². The van der Waals surface area contributed by atoms with Gasteiger partial charge in [0.15, 0.2) is 11.6 Å². The lowest BCUT2D eigenvalue weighted by Gasteiger charge is -2.05. The number of halogens is 3. The van der Waals surface area contributed by atoms with Gasteiger partial charge in [-0.2, -0.15) is 0 Å². The normalized spacial score (nSPS) is 10.1. The second-order valence-corrected chi connectivity index (χ2v) is 3.61. The summed E-state index contributed by atoms with van der Waals surface area (Å²) in [5.41, 5.74) is 0.368. The highest BCUT2D eigenvalue weighted by molar-refractivity contribution is 9.10. The molecule has 0 unspecified atom stereocenters. The molecule has 0 aliphatic rings. The molecule has 2 nitrogen and oxygen atoms in total. The highest BCUT2D eigenvalue weighted by Gasteiger charge is 2.13. The van der Waals surface area contributed by atoms with Gasteiger partial charge in [0, 0.05) is 0 Å². The van der Waals surface area contributed by atoms with Crippen molar-refractivity contribution in [2.45, 2.75) is 13.3 Å². The monoisotopic (exact) mass is 278 g/mol. The maximum atomic E-state index is 13.1. The molecule has 15 heavy (non-hydrogen) atoms. The van der Waals surface area contributed by atoms with E-state index in [9.17, 15) is 13.6 Å². The minimum absolute atomic E-state index is 0.0319. The first-order chi connectivity index (χ1) is 7.06. The number of ether oxygens (including phenoxy) is 1. The first-order valence-electron chi connectivity index (χ1n) is 4.34. The summed E-state index contributed by atoms with van der Waals surface area (Å²) < 4.78 is 30.4. The van der Waals surface area contributed by atoms with E-state index in [0.29, 0.717) is 5.56 Å². The summed E-state index contributed by atoms with van der Waals surface area (Å²) in [6.07, 6.45) is -0.0778. The maximum Gasteiger partial charge on any atom is 0.310 e. The van der Waals surface area contributed by atoms with Crippen LogP contribution in [0.2, 0.25) is 0 Å². The lowest BCUT2D eigenvalue weighted by Crippen LogP contribution is -2.08. The molecule has 0 aliphatic carbocycles. The van der Waals surface area contributed by atoms with E-state index < -0.39 is 17.6 Å². The van der Waals surface area contributed by atoms with Gasteiger partial charge in [-0.3, -0.25) is 4.79 Å². The fourth-order valence-corrected chi connectivity index (χ4v) is 1.53. The Morgan fingerprint density at radius 3 is 2.73 bits per heavy atom. The van der Waals surface area contributed by atoms with Gasteiger partial charge in [0.1, 0.15) is 0 Å². The van der Waals surface area contributed by atoms with E-state index in [1.54, 1.807) is 6.92 Å². The number of benzene rings is 1. The van der Waals surface area contributed by atoms with Gasteiger partial charge in [-0.15, -0.1) is 0 Å². The molecule has 82 valence electrons. The topological polar surface area (TPSA) is 26.3 Å². The molecule has 0 atom stereocenters. The van der Waals surface area contributed by atoms with Crippen LogP contribution in [0.25, 0.3) is 0 Å². The van der Waals surface area contributed by atoms with Crippen LogP contribution in [0, 0.1) is 11.6 Å². The molecule has 0 bridgehead atoms. The van der Waals surface area contributed by atoms with Gasteiger partial charge in [0.25, 0.3) is 0 Å². The van der Waals surface area contributed by atoms with Gasteiger partial charge in [-0.05, 0) is 34.5 Å². The van der Waals surface area contributed by atoms with Gasteiger partial charge in [-0.1, -0.05) is 6.07 Å². The van der Waals surface area contributed by atoms with Crippen LogP contribution in [-0.4, -0.2) is 12.6 Å². The van der Waals surface area contributed by atoms with E-state index in [-0.39, 0.29) is 17.5 Å². The number of carbonyl (C=O) groups excluding carboxylic acids is 1. The third kappa shape index (κ3) is 2.99. The largest absolute Gasteiger partial charge is 0.466 e. The zero-order valence-corrected chi connectivity index (χ0v) is 9.61. The number of hydrogen-bond acceptors (Lipinski definition) is 2. The summed E-state index contributed by atoms with van der Waals surface area (Å²) in [7, 11) is 0. The second-order valence-electron chi connectivity index (χ2n) is 2.82. The van der Waals surface area contributed by atoms with Crippen molar-refractivity contribution in [3.05, 3.63) is 33.8 Å². The molecule has 0 saturated carbocycles. The number of rotatable bonds is 3. The molecule has 0 amide bonds. The quantitative estimate of drug-likeness (QED) is 0.628. The molecule has 1 rings (SSSR count). The molecule has 0 saturated heterocycles. The van der Waals surface area contributed by atoms with E-state index in [0.717, 1.165) is 6.07 Å². The van der Waals surface area contributed by atoms with Crippen LogP contribution in [0.1, 0.15) is 12.5 Å². The third-order valence-electron chi connectivity index (χ3n) is 1.76. The SMILES string of the molecule is CCOC(=O)Cc1ccc(F)c(F)c1Br. The van der Waals surface area contributed by atoms with Crippen molar-refractivity contribution in [3.8, 4) is 0 Å². The fraction of sp³-hybridized carbons (Fsp3) is 0.300. The maximum absolute atomic E-state index is 13.1. The highest BCUT2D eigenvalue weighted by Crippen LogP contribution is 2.23. The molecule has 0 heterocycles. The smallest absolute Gasteiger partial charge is 0.310 e. The Morgan fingerprint density at radius 1 is 1.47 bits per heavy atom. The Labute approximate surface area is 94.4 Å². The van der Waals surface area contributed by atoms with Crippen molar-refractivity contribution >= 4 is 21.9 Å². The average Bonchev–Trinajstić information content (AvgIpc) is 2.20. The van der Waals surface area contributed by atoms with Crippen LogP contribution in [0.15, 0.2) is 16.6 Å². The lowest BCUT2D eigenvalue weighted by molar-refractivity contribution is -0.142. The summed E-state index contributed by atoms with van der Waals surface area (Å²) in [5, 5.41) is 0. The number of hydrogen-bond donors (Lipinski definition) is 0. The van der Waals surface area contributed by atoms with E-state index in [4.69, 9.17) is 4.74 Å². The summed E-state index contributed by atoms with van der Waals surface area (Å²) in [4.78, 5) is 11.1. The third-order valence-corrected chi connectivity index (χ3v) is 2.61. The van der Waals surface area contributed by atoms with Crippen molar-refractivity contribution in [1.82, 2.24) is 0 Å². The highest BCUT2D eigenvalue weighted by atomic mass is 79.9. The molecule has 0 spiro atoms. The van der Waals surface area contributed by atoms with Crippen LogP contribution < -0.4 is 0 Å². The van der Waals surface area contributed by atoms with Crippen molar-refractivity contribution < 1.29 is 18.3 Å². The molecule has 1 aromatic rings. The lowest BCUT2D eigenvalue weighted by atomic mass is 10.1. The van der Waals surface area contributed by atoms with E-state index >= 15 is 0 Å². The molecular formula is C10H9BrF2O2. The van der Waals surface area contributed by atoms with Crippen LogP contribution in [0.4, 0.5) is 8.78 Å². The van der Waals surface area contributed by atoms with Crippen LogP contribution in [-0.2, 0) is 16.0 Å². The minimum Gasteiger partial charge on any atom is -0.466 e. The van der Waals surface area contributed by atoms with Gasteiger partial charge < -0.3 is 4.74 Å². The predicted molar refractivity (Wildman–Crippen MR) is 54.4 cm³/mol. The first-order valence-corrected chi connectivity index (χ1v) is 5.13. The molecule has 1 aromatic carbocycles. The summed E-state index contributed by atoms with van der Waals surface area (Å²) in [6, 6.07) is 2.33. The number of carbonyl (C=O) groups is 1. The molecular weight excluding hydrogens is 270 g/mol. The van der Waals surface area contributed by atoms with E-state index in [1.165, 1.54) is 6.07 Å². The summed E-state index contributed by atoms with van der Waals surface area (Å²) in [6.45, 7) is 1.94. The van der Waals surface area contributed by atoms with Crippen LogP contribution >= 0.6 is 15.9 Å². The second kappa shape index (κ2) is 5.21. The Hall–Kier alpha value is -0.970. The van der Waals surface area contributed by atoms with E-state index in [1.807, 2.05) is 0 Å². The first kappa shape index (κ1) is 12.1. The molecule has 0 aromatic heterocycles. The number of esters is 1. The van der Waals surface area contributed by atoms with Gasteiger partial charge in [0.05, 0.1) is 17.5 Å². The molecule has 5 heteroatoms. The zero-order chi connectivity index (χ0) is 11.4. The Kier molecular flexibility index (Phi) is 4.20. The minimum atomic E-state index is -0.989. The molecule has 0 N–H and O–H groups in total. The predicted octanol–water partition coefficient (Wildman–Crippen LogP) is 2.83. The van der Waals surface area contributed by atoms with Gasteiger partial charge in [-0.25, -0.2) is 8.78 Å². The standard InChI is InChI=1S/C10H9BrF2O2/c1-2-15-8(14)5-6-3-4-7(12)10(13)9(6)11/h3-4H,2,5H2,1H3. The van der Waals surface area contributed by atoms with E-state index in [2.05, 4.69) is 15.9 Å².